The molecule has 1 spiro atoms. The number of aliphatic hydroxyl groups excluding tert-OH is 1. The van der Waals surface area contributed by atoms with Crippen molar-refractivity contribution < 1.29 is 5.11 Å². The molecule has 4 heteroatoms. The average Bonchev–Trinajstić information content (AvgIpc) is 2.88. The van der Waals surface area contributed by atoms with Gasteiger partial charge in [-0.2, -0.15) is 0 Å². The SMILES string of the molecule is CN(C)C1(c2ccccc2)CCC2(CC1)CNC(O)N2CC1CCC1. The zero-order valence-electron chi connectivity index (χ0n) is 15.7. The lowest BCUT2D eigenvalue weighted by atomic mass is 9.68. The van der Waals surface area contributed by atoms with Crippen LogP contribution < -0.4 is 5.32 Å². The third kappa shape index (κ3) is 2.93. The van der Waals surface area contributed by atoms with Crippen molar-refractivity contribution in [2.45, 2.75) is 62.4 Å². The molecule has 1 atom stereocenters. The summed E-state index contributed by atoms with van der Waals surface area (Å²) in [6, 6.07) is 11.0. The lowest BCUT2D eigenvalue weighted by Gasteiger charge is -2.52. The van der Waals surface area contributed by atoms with Crippen LogP contribution >= 0.6 is 0 Å². The average molecular weight is 344 g/mol. The fourth-order valence-corrected chi connectivity index (χ4v) is 5.33. The van der Waals surface area contributed by atoms with Crippen molar-refractivity contribution in [2.24, 2.45) is 5.92 Å². The number of nitrogens with one attached hydrogen (secondary N) is 1. The first-order valence-electron chi connectivity index (χ1n) is 9.97. The standard InChI is InChI=1S/C21H33N3O/c1-23(2)21(18-9-4-3-5-10-18)13-11-20(12-14-21)16-22-19(25)24(20)15-17-7-6-8-17/h3-5,9-10,17,19,22,25H,6-8,11-16H2,1-2H3. The zero-order valence-corrected chi connectivity index (χ0v) is 15.7. The van der Waals surface area contributed by atoms with Gasteiger partial charge in [0.2, 0.25) is 0 Å². The fraction of sp³-hybridized carbons (Fsp3) is 0.714. The number of hydrogen-bond acceptors (Lipinski definition) is 4. The van der Waals surface area contributed by atoms with E-state index in [0.717, 1.165) is 44.7 Å². The van der Waals surface area contributed by atoms with Gasteiger partial charge in [0.05, 0.1) is 0 Å². The summed E-state index contributed by atoms with van der Waals surface area (Å²) in [6.07, 6.45) is 8.19. The Hall–Kier alpha value is -0.940. The molecule has 25 heavy (non-hydrogen) atoms. The van der Waals surface area contributed by atoms with Crippen LogP contribution in [0.25, 0.3) is 0 Å². The maximum atomic E-state index is 10.5. The van der Waals surface area contributed by atoms with Gasteiger partial charge in [-0.1, -0.05) is 36.8 Å². The summed E-state index contributed by atoms with van der Waals surface area (Å²) in [5.74, 6) is 0.793. The molecule has 0 aromatic heterocycles. The van der Waals surface area contributed by atoms with Gasteiger partial charge in [-0.05, 0) is 64.1 Å². The summed E-state index contributed by atoms with van der Waals surface area (Å²) in [7, 11) is 4.44. The van der Waals surface area contributed by atoms with Crippen molar-refractivity contribution in [3.05, 3.63) is 35.9 Å². The van der Waals surface area contributed by atoms with Gasteiger partial charge in [0.1, 0.15) is 0 Å². The zero-order chi connectivity index (χ0) is 17.5. The Morgan fingerprint density at radius 1 is 1.12 bits per heavy atom. The van der Waals surface area contributed by atoms with Crippen LogP contribution in [0.5, 0.6) is 0 Å². The van der Waals surface area contributed by atoms with Gasteiger partial charge in [-0.25, -0.2) is 0 Å². The third-order valence-corrected chi connectivity index (χ3v) is 7.37. The van der Waals surface area contributed by atoms with Gasteiger partial charge in [-0.15, -0.1) is 0 Å². The van der Waals surface area contributed by atoms with E-state index in [0.29, 0.717) is 0 Å². The Balaban J connectivity index is 1.54. The highest BCUT2D eigenvalue weighted by Gasteiger charge is 2.52. The lowest BCUT2D eigenvalue weighted by molar-refractivity contribution is -0.0712. The van der Waals surface area contributed by atoms with E-state index in [9.17, 15) is 5.11 Å². The van der Waals surface area contributed by atoms with Crippen molar-refractivity contribution in [3.63, 3.8) is 0 Å². The van der Waals surface area contributed by atoms with E-state index in [1.54, 1.807) is 0 Å². The molecule has 2 saturated carbocycles. The summed E-state index contributed by atoms with van der Waals surface area (Å²) < 4.78 is 0. The molecule has 0 bridgehead atoms. The van der Waals surface area contributed by atoms with Gasteiger partial charge >= 0.3 is 0 Å². The predicted octanol–water partition coefficient (Wildman–Crippen LogP) is 2.74. The van der Waals surface area contributed by atoms with Gasteiger partial charge in [0.25, 0.3) is 0 Å². The summed E-state index contributed by atoms with van der Waals surface area (Å²) in [5.41, 5.74) is 1.71. The molecule has 0 amide bonds. The maximum absolute atomic E-state index is 10.5. The summed E-state index contributed by atoms with van der Waals surface area (Å²) in [4.78, 5) is 4.83. The Morgan fingerprint density at radius 2 is 1.80 bits per heavy atom. The van der Waals surface area contributed by atoms with Crippen LogP contribution in [0.3, 0.4) is 0 Å². The fourth-order valence-electron chi connectivity index (χ4n) is 5.33. The molecule has 1 aromatic rings. The van der Waals surface area contributed by atoms with Gasteiger partial charge in [0, 0.05) is 24.2 Å². The van der Waals surface area contributed by atoms with Crippen LogP contribution in [0, 0.1) is 5.92 Å². The summed E-state index contributed by atoms with van der Waals surface area (Å²) in [5, 5.41) is 13.9. The molecule has 1 unspecified atom stereocenters. The van der Waals surface area contributed by atoms with Crippen molar-refractivity contribution in [2.75, 3.05) is 27.2 Å². The van der Waals surface area contributed by atoms with E-state index < -0.39 is 6.35 Å². The normalized spacial score (nSPS) is 36.9. The topological polar surface area (TPSA) is 38.7 Å². The third-order valence-electron chi connectivity index (χ3n) is 7.37. The largest absolute Gasteiger partial charge is 0.365 e. The van der Waals surface area contributed by atoms with E-state index in [4.69, 9.17) is 0 Å². The molecule has 2 N–H and O–H groups in total. The quantitative estimate of drug-likeness (QED) is 0.882. The first-order chi connectivity index (χ1) is 12.1. The highest BCUT2D eigenvalue weighted by atomic mass is 16.3. The monoisotopic (exact) mass is 343 g/mol. The van der Waals surface area contributed by atoms with Gasteiger partial charge in [0.15, 0.2) is 6.35 Å². The van der Waals surface area contributed by atoms with Gasteiger partial charge < -0.3 is 5.11 Å². The highest BCUT2D eigenvalue weighted by Crippen LogP contribution is 2.48. The van der Waals surface area contributed by atoms with E-state index >= 15 is 0 Å². The van der Waals surface area contributed by atoms with Crippen molar-refractivity contribution in [3.8, 4) is 0 Å². The van der Waals surface area contributed by atoms with Crippen LogP contribution in [-0.2, 0) is 5.54 Å². The van der Waals surface area contributed by atoms with Crippen LogP contribution in [0.4, 0.5) is 0 Å². The molecule has 1 saturated heterocycles. The molecule has 3 aliphatic rings. The van der Waals surface area contributed by atoms with Gasteiger partial charge in [-0.3, -0.25) is 15.1 Å². The Bertz CT molecular complexity index is 576. The summed E-state index contributed by atoms with van der Waals surface area (Å²) in [6.45, 7) is 1.99. The molecular formula is C21H33N3O. The van der Waals surface area contributed by atoms with E-state index in [2.05, 4.69) is 59.5 Å². The van der Waals surface area contributed by atoms with E-state index in [-0.39, 0.29) is 11.1 Å². The first kappa shape index (κ1) is 17.5. The first-order valence-corrected chi connectivity index (χ1v) is 9.97. The second-order valence-corrected chi connectivity index (χ2v) is 8.72. The number of hydrogen-bond donors (Lipinski definition) is 2. The molecule has 1 aliphatic heterocycles. The van der Waals surface area contributed by atoms with Crippen LogP contribution in [0.15, 0.2) is 30.3 Å². The highest BCUT2D eigenvalue weighted by molar-refractivity contribution is 5.26. The smallest absolute Gasteiger partial charge is 0.163 e. The Labute approximate surface area is 152 Å². The van der Waals surface area contributed by atoms with E-state index in [1.807, 2.05) is 0 Å². The van der Waals surface area contributed by atoms with Crippen molar-refractivity contribution in [1.82, 2.24) is 15.1 Å². The molecule has 1 aromatic carbocycles. The molecule has 2 aliphatic carbocycles. The summed E-state index contributed by atoms with van der Waals surface area (Å²) >= 11 is 0. The number of rotatable bonds is 4. The number of benzene rings is 1. The number of nitrogens with zero attached hydrogens (tertiary/aromatic N) is 2. The second-order valence-electron chi connectivity index (χ2n) is 8.72. The van der Waals surface area contributed by atoms with Crippen molar-refractivity contribution >= 4 is 0 Å². The number of aliphatic hydroxyl groups is 1. The predicted molar refractivity (Wildman–Crippen MR) is 101 cm³/mol. The lowest BCUT2D eigenvalue weighted by Crippen LogP contribution is -2.57. The van der Waals surface area contributed by atoms with Crippen LogP contribution in [0.2, 0.25) is 0 Å². The minimum atomic E-state index is -0.454. The molecule has 4 nitrogen and oxygen atoms in total. The van der Waals surface area contributed by atoms with Crippen LogP contribution in [0.1, 0.15) is 50.5 Å². The van der Waals surface area contributed by atoms with E-state index in [1.165, 1.54) is 24.8 Å². The van der Waals surface area contributed by atoms with Crippen LogP contribution in [-0.4, -0.2) is 54.0 Å². The molecule has 138 valence electrons. The minimum Gasteiger partial charge on any atom is -0.365 e. The molecule has 0 radical (unpaired) electrons. The Morgan fingerprint density at radius 3 is 2.36 bits per heavy atom. The molecule has 3 fully saturated rings. The second kappa shape index (κ2) is 6.66. The maximum Gasteiger partial charge on any atom is 0.163 e. The Kier molecular flexibility index (Phi) is 4.65. The molecule has 1 heterocycles. The minimum absolute atomic E-state index is 0.127. The molecule has 4 rings (SSSR count). The van der Waals surface area contributed by atoms with Crippen molar-refractivity contribution in [1.29, 1.82) is 0 Å². The molecular weight excluding hydrogens is 310 g/mol.